The molecule has 4 rings (SSSR count). The molecule has 5 nitrogen and oxygen atoms in total. The molecule has 1 aromatic heterocycles. The monoisotopic (exact) mass is 333 g/mol. The number of fused-ring (bicyclic) bond motifs is 1. The molecule has 0 aliphatic heterocycles. The maximum atomic E-state index is 12.5. The topological polar surface area (TPSA) is 75.1 Å². The molecule has 0 bridgehead atoms. The highest BCUT2D eigenvalue weighted by atomic mass is 16.3. The number of aliphatic hydroxyl groups is 1. The molecular weight excluding hydrogens is 314 g/mol. The molecule has 0 radical (unpaired) electrons. The van der Waals surface area contributed by atoms with Crippen molar-refractivity contribution >= 4 is 16.9 Å². The van der Waals surface area contributed by atoms with Gasteiger partial charge in [0.1, 0.15) is 0 Å². The number of carbonyl (C=O) groups is 1. The maximum Gasteiger partial charge on any atom is 0.251 e. The van der Waals surface area contributed by atoms with Gasteiger partial charge in [0.2, 0.25) is 0 Å². The van der Waals surface area contributed by atoms with E-state index in [0.29, 0.717) is 17.6 Å². The van der Waals surface area contributed by atoms with Crippen LogP contribution in [0.2, 0.25) is 0 Å². The van der Waals surface area contributed by atoms with Gasteiger partial charge in [-0.15, -0.1) is 0 Å². The van der Waals surface area contributed by atoms with Crippen LogP contribution in [0.4, 0.5) is 0 Å². The van der Waals surface area contributed by atoms with Crippen molar-refractivity contribution in [1.82, 2.24) is 15.3 Å². The zero-order valence-corrected chi connectivity index (χ0v) is 13.7. The van der Waals surface area contributed by atoms with Crippen LogP contribution in [0.5, 0.6) is 0 Å². The Morgan fingerprint density at radius 2 is 1.80 bits per heavy atom. The second-order valence-corrected chi connectivity index (χ2v) is 6.62. The van der Waals surface area contributed by atoms with Crippen LogP contribution < -0.4 is 5.32 Å². The summed E-state index contributed by atoms with van der Waals surface area (Å²) in [6.45, 7) is 0.459. The maximum absolute atomic E-state index is 12.5. The zero-order valence-electron chi connectivity index (χ0n) is 13.7. The first-order valence-corrected chi connectivity index (χ1v) is 8.40. The number of aromatic nitrogens is 2. The molecule has 1 fully saturated rings. The average molecular weight is 333 g/mol. The van der Waals surface area contributed by atoms with Crippen molar-refractivity contribution in [2.45, 2.75) is 18.9 Å². The van der Waals surface area contributed by atoms with E-state index in [1.165, 1.54) is 0 Å². The minimum Gasteiger partial charge on any atom is -0.388 e. The van der Waals surface area contributed by atoms with E-state index >= 15 is 0 Å². The van der Waals surface area contributed by atoms with Gasteiger partial charge in [-0.05, 0) is 36.6 Å². The second kappa shape index (κ2) is 6.26. The van der Waals surface area contributed by atoms with Gasteiger partial charge in [-0.25, -0.2) is 0 Å². The number of amides is 1. The van der Waals surface area contributed by atoms with Gasteiger partial charge in [-0.2, -0.15) is 0 Å². The largest absolute Gasteiger partial charge is 0.388 e. The van der Waals surface area contributed by atoms with Crippen molar-refractivity contribution < 1.29 is 9.90 Å². The van der Waals surface area contributed by atoms with E-state index in [0.717, 1.165) is 23.9 Å². The fourth-order valence-electron chi connectivity index (χ4n) is 3.16. The fourth-order valence-corrected chi connectivity index (χ4v) is 3.16. The second-order valence-electron chi connectivity index (χ2n) is 6.62. The quantitative estimate of drug-likeness (QED) is 0.753. The smallest absolute Gasteiger partial charge is 0.251 e. The number of nitrogens with one attached hydrogen (secondary N) is 1. The molecule has 5 heteroatoms. The third-order valence-corrected chi connectivity index (χ3v) is 4.92. The molecule has 1 atom stereocenters. The standard InChI is InChI=1S/C20H19N3O2/c24-18(14-4-2-1-3-5-14)20(8-9-20)13-23-19(25)15-6-7-16-17(12-15)22-11-10-21-16/h1-7,10-12,18,24H,8-9,13H2,(H,23,25). The van der Waals surface area contributed by atoms with Gasteiger partial charge >= 0.3 is 0 Å². The number of nitrogens with zero attached hydrogens (tertiary/aromatic N) is 2. The highest BCUT2D eigenvalue weighted by Crippen LogP contribution is 2.54. The summed E-state index contributed by atoms with van der Waals surface area (Å²) in [6, 6.07) is 14.9. The van der Waals surface area contributed by atoms with Gasteiger partial charge < -0.3 is 10.4 Å². The normalized spacial score (nSPS) is 16.4. The van der Waals surface area contributed by atoms with E-state index in [-0.39, 0.29) is 11.3 Å². The van der Waals surface area contributed by atoms with Crippen LogP contribution in [0.25, 0.3) is 11.0 Å². The molecule has 126 valence electrons. The number of aliphatic hydroxyl groups excluding tert-OH is 1. The molecule has 1 unspecified atom stereocenters. The Kier molecular flexibility index (Phi) is 3.93. The fraction of sp³-hybridized carbons (Fsp3) is 0.250. The lowest BCUT2D eigenvalue weighted by Gasteiger charge is -2.23. The SMILES string of the molecule is O=C(NCC1(C(O)c2ccccc2)CC1)c1ccc2nccnc2c1. The zero-order chi connectivity index (χ0) is 17.3. The summed E-state index contributed by atoms with van der Waals surface area (Å²) in [5.74, 6) is -0.154. The molecule has 1 saturated carbocycles. The third kappa shape index (κ3) is 3.10. The Bertz CT molecular complexity index is 907. The van der Waals surface area contributed by atoms with Crippen molar-refractivity contribution in [1.29, 1.82) is 0 Å². The van der Waals surface area contributed by atoms with E-state index in [1.54, 1.807) is 30.6 Å². The number of benzene rings is 2. The van der Waals surface area contributed by atoms with Crippen molar-refractivity contribution in [3.05, 3.63) is 72.1 Å². The number of hydrogen-bond acceptors (Lipinski definition) is 4. The first-order chi connectivity index (χ1) is 12.2. The number of hydrogen-bond donors (Lipinski definition) is 2. The lowest BCUT2D eigenvalue weighted by molar-refractivity contribution is 0.0808. The Hall–Kier alpha value is -2.79. The van der Waals surface area contributed by atoms with E-state index < -0.39 is 6.10 Å². The molecule has 1 aliphatic rings. The van der Waals surface area contributed by atoms with Crippen LogP contribution in [-0.4, -0.2) is 27.5 Å². The Morgan fingerprint density at radius 3 is 2.52 bits per heavy atom. The summed E-state index contributed by atoms with van der Waals surface area (Å²) in [4.78, 5) is 20.9. The highest BCUT2D eigenvalue weighted by molar-refractivity contribution is 5.97. The van der Waals surface area contributed by atoms with Crippen molar-refractivity contribution in [2.75, 3.05) is 6.54 Å². The molecular formula is C20H19N3O2. The first-order valence-electron chi connectivity index (χ1n) is 8.40. The van der Waals surface area contributed by atoms with Gasteiger partial charge in [0.25, 0.3) is 5.91 Å². The predicted molar refractivity (Wildman–Crippen MR) is 94.9 cm³/mol. The molecule has 1 aliphatic carbocycles. The molecule has 25 heavy (non-hydrogen) atoms. The highest BCUT2D eigenvalue weighted by Gasteiger charge is 2.49. The van der Waals surface area contributed by atoms with Crippen molar-refractivity contribution in [3.63, 3.8) is 0 Å². The van der Waals surface area contributed by atoms with Crippen LogP contribution in [0, 0.1) is 5.41 Å². The Morgan fingerprint density at radius 1 is 1.08 bits per heavy atom. The molecule has 3 aromatic rings. The van der Waals surface area contributed by atoms with E-state index in [4.69, 9.17) is 0 Å². The summed E-state index contributed by atoms with van der Waals surface area (Å²) in [7, 11) is 0. The van der Waals surface area contributed by atoms with E-state index in [1.807, 2.05) is 30.3 Å². The lowest BCUT2D eigenvalue weighted by atomic mass is 9.92. The molecule has 0 spiro atoms. The van der Waals surface area contributed by atoms with Crippen molar-refractivity contribution in [3.8, 4) is 0 Å². The van der Waals surface area contributed by atoms with Crippen molar-refractivity contribution in [2.24, 2.45) is 5.41 Å². The summed E-state index contributed by atoms with van der Waals surface area (Å²) in [5.41, 5.74) is 2.65. The molecule has 2 N–H and O–H groups in total. The molecule has 1 amide bonds. The third-order valence-electron chi connectivity index (χ3n) is 4.92. The average Bonchev–Trinajstić information content (AvgIpc) is 3.47. The van der Waals surface area contributed by atoms with Crippen LogP contribution in [0.3, 0.4) is 0 Å². The summed E-state index contributed by atoms with van der Waals surface area (Å²) < 4.78 is 0. The molecule has 0 saturated heterocycles. The minimum absolute atomic E-state index is 0.154. The van der Waals surface area contributed by atoms with E-state index in [9.17, 15) is 9.90 Å². The lowest BCUT2D eigenvalue weighted by Crippen LogP contribution is -2.33. The number of carbonyl (C=O) groups excluding carboxylic acids is 1. The van der Waals surface area contributed by atoms with Gasteiger partial charge in [-0.1, -0.05) is 30.3 Å². The number of rotatable bonds is 5. The molecule has 2 aromatic carbocycles. The van der Waals surface area contributed by atoms with Crippen LogP contribution in [-0.2, 0) is 0 Å². The van der Waals surface area contributed by atoms with E-state index in [2.05, 4.69) is 15.3 Å². The van der Waals surface area contributed by atoms with Gasteiger partial charge in [0, 0.05) is 29.9 Å². The molecule has 1 heterocycles. The predicted octanol–water partition coefficient (Wildman–Crippen LogP) is 2.87. The summed E-state index contributed by atoms with van der Waals surface area (Å²) in [5, 5.41) is 13.6. The Balaban J connectivity index is 1.46. The van der Waals surface area contributed by atoms with Crippen LogP contribution in [0.1, 0.15) is 34.9 Å². The van der Waals surface area contributed by atoms with Crippen LogP contribution >= 0.6 is 0 Å². The van der Waals surface area contributed by atoms with Gasteiger partial charge in [0.15, 0.2) is 0 Å². The van der Waals surface area contributed by atoms with Gasteiger partial charge in [0.05, 0.1) is 17.1 Å². The summed E-state index contributed by atoms with van der Waals surface area (Å²) >= 11 is 0. The Labute approximate surface area is 145 Å². The van der Waals surface area contributed by atoms with Crippen LogP contribution in [0.15, 0.2) is 60.9 Å². The van der Waals surface area contributed by atoms with Gasteiger partial charge in [-0.3, -0.25) is 14.8 Å². The minimum atomic E-state index is -0.559. The first kappa shape index (κ1) is 15.7. The summed E-state index contributed by atoms with van der Waals surface area (Å²) in [6.07, 6.45) is 4.50.